The van der Waals surface area contributed by atoms with Crippen molar-refractivity contribution in [3.63, 3.8) is 0 Å². The summed E-state index contributed by atoms with van der Waals surface area (Å²) in [6, 6.07) is 8.89. The zero-order valence-electron chi connectivity index (χ0n) is 14.6. The molecule has 1 amide bonds. The van der Waals surface area contributed by atoms with Crippen molar-refractivity contribution in [2.75, 3.05) is 5.32 Å². The van der Waals surface area contributed by atoms with Crippen LogP contribution in [-0.2, 0) is 13.5 Å². The van der Waals surface area contributed by atoms with Gasteiger partial charge in [0.2, 0.25) is 5.91 Å². The fraction of sp³-hybridized carbons (Fsp3) is 0.167. The summed E-state index contributed by atoms with van der Waals surface area (Å²) in [5.74, 6) is -1.21. The van der Waals surface area contributed by atoms with Crippen molar-refractivity contribution in [3.05, 3.63) is 53.9 Å². The fourth-order valence-corrected chi connectivity index (χ4v) is 2.99. The molecule has 0 saturated heterocycles. The summed E-state index contributed by atoms with van der Waals surface area (Å²) < 4.78 is 43.9. The van der Waals surface area contributed by atoms with Gasteiger partial charge in [0.1, 0.15) is 11.3 Å². The highest BCUT2D eigenvalue weighted by atomic mass is 32.1. The van der Waals surface area contributed by atoms with E-state index in [1.165, 1.54) is 6.07 Å². The molecular formula is C18H15F3N4O2S. The normalized spacial score (nSPS) is 11.4. The quantitative estimate of drug-likeness (QED) is 0.631. The maximum absolute atomic E-state index is 12.7. The number of benzene rings is 2. The fourth-order valence-electron chi connectivity index (χ4n) is 2.72. The molecule has 28 heavy (non-hydrogen) atoms. The van der Waals surface area contributed by atoms with Gasteiger partial charge in [-0.1, -0.05) is 18.3 Å². The molecule has 6 nitrogen and oxygen atoms in total. The van der Waals surface area contributed by atoms with E-state index in [9.17, 15) is 18.0 Å². The van der Waals surface area contributed by atoms with Crippen LogP contribution in [0.15, 0.2) is 42.7 Å². The first-order chi connectivity index (χ1) is 13.1. The highest BCUT2D eigenvalue weighted by Crippen LogP contribution is 2.28. The van der Waals surface area contributed by atoms with Gasteiger partial charge in [-0.05, 0) is 30.3 Å². The maximum Gasteiger partial charge on any atom is 0.573 e. The van der Waals surface area contributed by atoms with Gasteiger partial charge in [0.05, 0.1) is 22.5 Å². The molecule has 2 aromatic carbocycles. The van der Waals surface area contributed by atoms with Crippen LogP contribution in [0.25, 0.3) is 11.0 Å². The molecule has 0 fully saturated rings. The number of halogens is 3. The molecule has 0 aliphatic rings. The number of fused-ring (bicyclic) bond motifs is 1. The van der Waals surface area contributed by atoms with Gasteiger partial charge in [0, 0.05) is 24.6 Å². The second-order valence-electron chi connectivity index (χ2n) is 5.99. The van der Waals surface area contributed by atoms with Gasteiger partial charge >= 0.3 is 6.36 Å². The molecule has 1 heterocycles. The third-order valence-electron chi connectivity index (χ3n) is 3.95. The minimum atomic E-state index is -4.88. The number of hydrogen-bond donors (Lipinski definition) is 2. The molecule has 0 aliphatic carbocycles. The van der Waals surface area contributed by atoms with Crippen LogP contribution in [0.2, 0.25) is 0 Å². The Morgan fingerprint density at radius 3 is 2.75 bits per heavy atom. The molecule has 3 N–H and O–H groups in total. The molecule has 0 aliphatic heterocycles. The first-order valence-corrected chi connectivity index (χ1v) is 8.43. The average molecular weight is 408 g/mol. The second-order valence-corrected chi connectivity index (χ2v) is 6.48. The third-order valence-corrected chi connectivity index (χ3v) is 4.20. The summed E-state index contributed by atoms with van der Waals surface area (Å²) >= 11 is 5.30. The molecule has 0 saturated carbocycles. The topological polar surface area (TPSA) is 82.2 Å². The SMILES string of the molecule is Cn1cnc2c(NC(=S)Cc3cc(C(N)=O)ccc3OC(F)(F)F)cccc21. The number of amides is 1. The van der Waals surface area contributed by atoms with E-state index in [1.54, 1.807) is 18.5 Å². The number of imidazole rings is 1. The summed E-state index contributed by atoms with van der Waals surface area (Å²) in [5.41, 5.74) is 7.51. The van der Waals surface area contributed by atoms with E-state index < -0.39 is 18.0 Å². The Morgan fingerprint density at radius 1 is 1.32 bits per heavy atom. The summed E-state index contributed by atoms with van der Waals surface area (Å²) in [7, 11) is 1.84. The predicted octanol–water partition coefficient (Wildman–Crippen LogP) is 3.55. The van der Waals surface area contributed by atoms with Crippen LogP contribution in [-0.4, -0.2) is 26.8 Å². The molecule has 0 unspecified atom stereocenters. The van der Waals surface area contributed by atoms with E-state index in [4.69, 9.17) is 18.0 Å². The lowest BCUT2D eigenvalue weighted by molar-refractivity contribution is -0.274. The summed E-state index contributed by atoms with van der Waals surface area (Å²) in [6.07, 6.45) is -3.33. The Balaban J connectivity index is 1.87. The maximum atomic E-state index is 12.7. The second kappa shape index (κ2) is 7.47. The minimum Gasteiger partial charge on any atom is -0.405 e. The van der Waals surface area contributed by atoms with Crippen molar-refractivity contribution in [1.82, 2.24) is 9.55 Å². The zero-order chi connectivity index (χ0) is 20.5. The molecular weight excluding hydrogens is 393 g/mol. The summed E-state index contributed by atoms with van der Waals surface area (Å²) in [4.78, 5) is 15.9. The molecule has 3 rings (SSSR count). The van der Waals surface area contributed by atoms with Crippen LogP contribution in [0.3, 0.4) is 0 Å². The van der Waals surface area contributed by atoms with E-state index in [2.05, 4.69) is 15.0 Å². The third kappa shape index (κ3) is 4.39. The highest BCUT2D eigenvalue weighted by molar-refractivity contribution is 7.80. The summed E-state index contributed by atoms with van der Waals surface area (Å²) in [6.45, 7) is 0. The lowest BCUT2D eigenvalue weighted by atomic mass is 10.1. The Kier molecular flexibility index (Phi) is 5.23. The van der Waals surface area contributed by atoms with Crippen molar-refractivity contribution in [2.45, 2.75) is 12.8 Å². The number of para-hydroxylation sites is 1. The number of carbonyl (C=O) groups excluding carboxylic acids is 1. The van der Waals surface area contributed by atoms with Gasteiger partial charge in [-0.2, -0.15) is 0 Å². The average Bonchev–Trinajstić information content (AvgIpc) is 2.97. The van der Waals surface area contributed by atoms with Gasteiger partial charge in [-0.25, -0.2) is 4.98 Å². The molecule has 146 valence electrons. The van der Waals surface area contributed by atoms with Gasteiger partial charge < -0.3 is 20.4 Å². The van der Waals surface area contributed by atoms with E-state index in [-0.39, 0.29) is 22.5 Å². The minimum absolute atomic E-state index is 0.0548. The number of nitrogens with zero attached hydrogens (tertiary/aromatic N) is 2. The van der Waals surface area contributed by atoms with Gasteiger partial charge in [0.25, 0.3) is 0 Å². The largest absolute Gasteiger partial charge is 0.573 e. The van der Waals surface area contributed by atoms with Gasteiger partial charge in [0.15, 0.2) is 0 Å². The zero-order valence-corrected chi connectivity index (χ0v) is 15.4. The first-order valence-electron chi connectivity index (χ1n) is 8.02. The predicted molar refractivity (Wildman–Crippen MR) is 102 cm³/mol. The lowest BCUT2D eigenvalue weighted by Crippen LogP contribution is -2.20. The number of thiocarbonyl (C=S) groups is 1. The molecule has 1 aromatic heterocycles. The van der Waals surface area contributed by atoms with Crippen LogP contribution in [0, 0.1) is 0 Å². The molecule has 0 bridgehead atoms. The van der Waals surface area contributed by atoms with E-state index >= 15 is 0 Å². The van der Waals surface area contributed by atoms with E-state index in [0.29, 0.717) is 11.2 Å². The number of carbonyl (C=O) groups is 1. The van der Waals surface area contributed by atoms with Crippen LogP contribution in [0.4, 0.5) is 18.9 Å². The van der Waals surface area contributed by atoms with Gasteiger partial charge in [-0.3, -0.25) is 4.79 Å². The van der Waals surface area contributed by atoms with Crippen molar-refractivity contribution in [2.24, 2.45) is 12.8 Å². The number of aryl methyl sites for hydroxylation is 1. The number of ether oxygens (including phenoxy) is 1. The smallest absolute Gasteiger partial charge is 0.405 e. The molecule has 3 aromatic rings. The van der Waals surface area contributed by atoms with Crippen LogP contribution >= 0.6 is 12.2 Å². The van der Waals surface area contributed by atoms with Crippen LogP contribution in [0.5, 0.6) is 5.75 Å². The Hall–Kier alpha value is -3.14. The number of nitrogens with one attached hydrogen (secondary N) is 1. The van der Waals surface area contributed by atoms with Crippen molar-refractivity contribution >= 4 is 39.8 Å². The monoisotopic (exact) mass is 408 g/mol. The van der Waals surface area contributed by atoms with Crippen molar-refractivity contribution < 1.29 is 22.7 Å². The number of alkyl halides is 3. The number of anilines is 1. The Bertz CT molecular complexity index is 1060. The number of aromatic nitrogens is 2. The Labute approximate surface area is 163 Å². The molecule has 10 heteroatoms. The Morgan fingerprint density at radius 2 is 2.07 bits per heavy atom. The first kappa shape index (κ1) is 19.6. The molecule has 0 atom stereocenters. The highest BCUT2D eigenvalue weighted by Gasteiger charge is 2.32. The van der Waals surface area contributed by atoms with Crippen LogP contribution in [0.1, 0.15) is 15.9 Å². The number of nitrogens with two attached hydrogens (primary N) is 1. The van der Waals surface area contributed by atoms with E-state index in [1.807, 2.05) is 17.7 Å². The van der Waals surface area contributed by atoms with Crippen LogP contribution < -0.4 is 15.8 Å². The lowest BCUT2D eigenvalue weighted by Gasteiger charge is -2.15. The summed E-state index contributed by atoms with van der Waals surface area (Å²) in [5, 5.41) is 2.99. The number of primary amides is 1. The standard InChI is InChI=1S/C18H15F3N4O2S/c1-25-9-23-16-12(3-2-4-13(16)25)24-15(28)8-11-7-10(17(22)26)5-6-14(11)27-18(19,20)21/h2-7,9H,8H2,1H3,(H2,22,26)(H,24,28). The van der Waals surface area contributed by atoms with Crippen molar-refractivity contribution in [3.8, 4) is 5.75 Å². The van der Waals surface area contributed by atoms with Gasteiger partial charge in [-0.15, -0.1) is 13.2 Å². The molecule has 0 spiro atoms. The number of rotatable bonds is 5. The molecule has 0 radical (unpaired) electrons. The van der Waals surface area contributed by atoms with Crippen molar-refractivity contribution in [1.29, 1.82) is 0 Å². The van der Waals surface area contributed by atoms with E-state index in [0.717, 1.165) is 17.6 Å². The number of hydrogen-bond acceptors (Lipinski definition) is 4.